The smallest absolute Gasteiger partial charge is 0.251 e. The number of nitrogens with one attached hydrogen (secondary N) is 1. The summed E-state index contributed by atoms with van der Waals surface area (Å²) in [5, 5.41) is 2.74. The zero-order valence-electron chi connectivity index (χ0n) is 15.5. The molecule has 0 aliphatic carbocycles. The fourth-order valence-electron chi connectivity index (χ4n) is 2.85. The van der Waals surface area contributed by atoms with Crippen LogP contribution in [0.5, 0.6) is 0 Å². The highest BCUT2D eigenvalue weighted by Gasteiger charge is 2.28. The molecule has 2 rings (SSSR count). The molecule has 1 aliphatic rings. The molecule has 0 atom stereocenters. The molecule has 1 N–H and O–H groups in total. The van der Waals surface area contributed by atoms with Gasteiger partial charge in [-0.15, -0.1) is 0 Å². The van der Waals surface area contributed by atoms with E-state index < -0.39 is 10.0 Å². The lowest BCUT2D eigenvalue weighted by Crippen LogP contribution is -2.36. The summed E-state index contributed by atoms with van der Waals surface area (Å²) in [6.45, 7) is 4.53. The van der Waals surface area contributed by atoms with Gasteiger partial charge >= 0.3 is 0 Å². The number of hydrogen-bond donors (Lipinski definition) is 1. The number of hydrogen-bond acceptors (Lipinski definition) is 5. The number of piperidine rings is 1. The van der Waals surface area contributed by atoms with Crippen LogP contribution in [0.4, 0.5) is 0 Å². The first-order valence-electron chi connectivity index (χ1n) is 8.92. The second-order valence-electron chi connectivity index (χ2n) is 6.31. The summed E-state index contributed by atoms with van der Waals surface area (Å²) in [6.07, 6.45) is 2.81. The van der Waals surface area contributed by atoms with Crippen LogP contribution >= 0.6 is 0 Å². The van der Waals surface area contributed by atoms with E-state index in [1.54, 1.807) is 26.2 Å². The molecule has 0 unspecified atom stereocenters. The van der Waals surface area contributed by atoms with Gasteiger partial charge in [-0.25, -0.2) is 8.42 Å². The molecular formula is C18H28N2O5S. The standard InChI is InChI=1S/C18H28N2O5S/c1-15-6-7-16(18(21)19-8-11-25-13-12-24-2)14-17(15)26(22,23)20-9-4-3-5-10-20/h6-7,14H,3-5,8-13H2,1-2H3,(H,19,21). The fraction of sp³-hybridized carbons (Fsp3) is 0.611. The van der Waals surface area contributed by atoms with Crippen molar-refractivity contribution in [2.45, 2.75) is 31.1 Å². The van der Waals surface area contributed by atoms with E-state index in [1.807, 2.05) is 0 Å². The van der Waals surface area contributed by atoms with Crippen LogP contribution in [0.1, 0.15) is 35.2 Å². The minimum Gasteiger partial charge on any atom is -0.382 e. The summed E-state index contributed by atoms with van der Waals surface area (Å²) in [6, 6.07) is 4.80. The number of amides is 1. The Morgan fingerprint density at radius 1 is 1.15 bits per heavy atom. The predicted octanol–water partition coefficient (Wildman–Crippen LogP) is 1.56. The number of sulfonamides is 1. The van der Waals surface area contributed by atoms with Crippen LogP contribution in [0.15, 0.2) is 23.1 Å². The quantitative estimate of drug-likeness (QED) is 0.653. The number of ether oxygens (including phenoxy) is 2. The number of benzene rings is 1. The molecule has 1 aromatic carbocycles. The summed E-state index contributed by atoms with van der Waals surface area (Å²) in [5.41, 5.74) is 0.984. The number of rotatable bonds is 9. The topological polar surface area (TPSA) is 84.9 Å². The highest BCUT2D eigenvalue weighted by atomic mass is 32.2. The van der Waals surface area contributed by atoms with Gasteiger partial charge in [0.1, 0.15) is 0 Å². The second-order valence-corrected chi connectivity index (χ2v) is 8.21. The largest absolute Gasteiger partial charge is 0.382 e. The van der Waals surface area contributed by atoms with E-state index in [2.05, 4.69) is 5.32 Å². The third-order valence-corrected chi connectivity index (χ3v) is 6.39. The van der Waals surface area contributed by atoms with E-state index in [9.17, 15) is 13.2 Å². The SMILES string of the molecule is COCCOCCNC(=O)c1ccc(C)c(S(=O)(=O)N2CCCCC2)c1. The highest BCUT2D eigenvalue weighted by Crippen LogP contribution is 2.24. The zero-order chi connectivity index (χ0) is 19.0. The molecule has 0 bridgehead atoms. The van der Waals surface area contributed by atoms with Crippen molar-refractivity contribution in [2.75, 3.05) is 46.6 Å². The van der Waals surface area contributed by atoms with Gasteiger partial charge < -0.3 is 14.8 Å². The maximum Gasteiger partial charge on any atom is 0.251 e. The number of aryl methyl sites for hydroxylation is 1. The monoisotopic (exact) mass is 384 g/mol. The van der Waals surface area contributed by atoms with Crippen molar-refractivity contribution < 1.29 is 22.7 Å². The van der Waals surface area contributed by atoms with Crippen LogP contribution in [0.3, 0.4) is 0 Å². The third kappa shape index (κ3) is 5.51. The summed E-state index contributed by atoms with van der Waals surface area (Å²) < 4.78 is 37.5. The number of nitrogens with zero attached hydrogens (tertiary/aromatic N) is 1. The Morgan fingerprint density at radius 2 is 1.88 bits per heavy atom. The molecule has 26 heavy (non-hydrogen) atoms. The molecule has 0 spiro atoms. The van der Waals surface area contributed by atoms with Gasteiger partial charge in [0.05, 0.1) is 24.7 Å². The third-order valence-electron chi connectivity index (χ3n) is 4.35. The predicted molar refractivity (Wildman–Crippen MR) is 98.8 cm³/mol. The van der Waals surface area contributed by atoms with E-state index in [1.165, 1.54) is 10.4 Å². The zero-order valence-corrected chi connectivity index (χ0v) is 16.3. The van der Waals surface area contributed by atoms with Crippen LogP contribution in [-0.2, 0) is 19.5 Å². The first kappa shape index (κ1) is 20.8. The second kappa shape index (κ2) is 10.0. The van der Waals surface area contributed by atoms with Crippen molar-refractivity contribution in [3.05, 3.63) is 29.3 Å². The van der Waals surface area contributed by atoms with E-state index in [-0.39, 0.29) is 10.8 Å². The molecular weight excluding hydrogens is 356 g/mol. The van der Waals surface area contributed by atoms with Crippen LogP contribution in [0, 0.1) is 6.92 Å². The molecule has 146 valence electrons. The molecule has 1 saturated heterocycles. The van der Waals surface area contributed by atoms with Crippen molar-refractivity contribution in [3.63, 3.8) is 0 Å². The van der Waals surface area contributed by atoms with E-state index >= 15 is 0 Å². The lowest BCUT2D eigenvalue weighted by Gasteiger charge is -2.26. The summed E-state index contributed by atoms with van der Waals surface area (Å²) >= 11 is 0. The number of carbonyl (C=O) groups excluding carboxylic acids is 1. The van der Waals surface area contributed by atoms with E-state index in [4.69, 9.17) is 9.47 Å². The summed E-state index contributed by atoms with van der Waals surface area (Å²) in [4.78, 5) is 12.5. The van der Waals surface area contributed by atoms with Crippen molar-refractivity contribution in [3.8, 4) is 0 Å². The van der Waals surface area contributed by atoms with Crippen molar-refractivity contribution in [1.29, 1.82) is 0 Å². The molecule has 7 nitrogen and oxygen atoms in total. The van der Waals surface area contributed by atoms with Crippen molar-refractivity contribution in [2.24, 2.45) is 0 Å². The normalized spacial score (nSPS) is 15.8. The molecule has 0 aromatic heterocycles. The number of carbonyl (C=O) groups is 1. The Morgan fingerprint density at radius 3 is 2.58 bits per heavy atom. The average molecular weight is 384 g/mol. The molecule has 1 fully saturated rings. The van der Waals surface area contributed by atoms with Crippen LogP contribution < -0.4 is 5.32 Å². The van der Waals surface area contributed by atoms with Gasteiger partial charge in [0.2, 0.25) is 10.0 Å². The van der Waals surface area contributed by atoms with E-state index in [0.717, 1.165) is 19.3 Å². The van der Waals surface area contributed by atoms with Gasteiger partial charge in [0.15, 0.2) is 0 Å². The Bertz CT molecular complexity index is 700. The highest BCUT2D eigenvalue weighted by molar-refractivity contribution is 7.89. The molecule has 0 radical (unpaired) electrons. The van der Waals surface area contributed by atoms with Gasteiger partial charge in [-0.05, 0) is 37.5 Å². The average Bonchev–Trinajstić information content (AvgIpc) is 2.65. The maximum atomic E-state index is 12.9. The lowest BCUT2D eigenvalue weighted by molar-refractivity contribution is 0.0692. The van der Waals surface area contributed by atoms with Crippen molar-refractivity contribution in [1.82, 2.24) is 9.62 Å². The Labute approximate surface area is 155 Å². The Balaban J connectivity index is 2.03. The molecule has 1 amide bonds. The number of methoxy groups -OCH3 is 1. The lowest BCUT2D eigenvalue weighted by atomic mass is 10.1. The maximum absolute atomic E-state index is 12.9. The summed E-state index contributed by atoms with van der Waals surface area (Å²) in [5.74, 6) is -0.310. The van der Waals surface area contributed by atoms with E-state index in [0.29, 0.717) is 50.6 Å². The molecule has 8 heteroatoms. The van der Waals surface area contributed by atoms with Crippen molar-refractivity contribution >= 4 is 15.9 Å². The first-order valence-corrected chi connectivity index (χ1v) is 10.4. The van der Waals surface area contributed by atoms with Crippen LogP contribution in [-0.4, -0.2) is 65.2 Å². The Kier molecular flexibility index (Phi) is 8.02. The molecule has 0 saturated carbocycles. The Hall–Kier alpha value is -1.48. The van der Waals surface area contributed by atoms with Crippen LogP contribution in [0.25, 0.3) is 0 Å². The first-order chi connectivity index (χ1) is 12.5. The molecule has 1 aliphatic heterocycles. The van der Waals surface area contributed by atoms with Gasteiger partial charge in [0, 0.05) is 32.3 Å². The summed E-state index contributed by atoms with van der Waals surface area (Å²) in [7, 11) is -1.97. The molecule has 1 heterocycles. The van der Waals surface area contributed by atoms with Gasteiger partial charge in [-0.1, -0.05) is 12.5 Å². The van der Waals surface area contributed by atoms with Gasteiger partial charge in [0.25, 0.3) is 5.91 Å². The minimum absolute atomic E-state index is 0.211. The molecule has 1 aromatic rings. The van der Waals surface area contributed by atoms with Crippen LogP contribution in [0.2, 0.25) is 0 Å². The minimum atomic E-state index is -3.57. The fourth-order valence-corrected chi connectivity index (χ4v) is 4.61. The van der Waals surface area contributed by atoms with Gasteiger partial charge in [-0.3, -0.25) is 4.79 Å². The van der Waals surface area contributed by atoms with Gasteiger partial charge in [-0.2, -0.15) is 4.31 Å².